The van der Waals surface area contributed by atoms with Crippen LogP contribution in [-0.4, -0.2) is 35.3 Å². The Kier molecular flexibility index (Phi) is 8.09. The second-order valence-electron chi connectivity index (χ2n) is 9.22. The number of halogens is 4. The van der Waals surface area contributed by atoms with Gasteiger partial charge in [0.05, 0.1) is 6.54 Å². The third-order valence-electron chi connectivity index (χ3n) is 6.31. The summed E-state index contributed by atoms with van der Waals surface area (Å²) >= 11 is 0. The zero-order valence-corrected chi connectivity index (χ0v) is 22.0. The van der Waals surface area contributed by atoms with Crippen molar-refractivity contribution in [3.63, 3.8) is 0 Å². The zero-order chi connectivity index (χ0) is 30.5. The lowest BCUT2D eigenvalue weighted by molar-refractivity contribution is -0.207. The Morgan fingerprint density at radius 3 is 2.30 bits per heavy atom. The third kappa shape index (κ3) is 6.32. The molecule has 0 aliphatic carbocycles. The van der Waals surface area contributed by atoms with Crippen LogP contribution < -0.4 is 4.74 Å². The number of aromatic nitrogens is 6. The van der Waals surface area contributed by atoms with Crippen LogP contribution in [0.2, 0.25) is 0 Å². The lowest BCUT2D eigenvalue weighted by Crippen LogP contribution is -2.48. The summed E-state index contributed by atoms with van der Waals surface area (Å²) in [4.78, 5) is 7.78. The smallest absolute Gasteiger partial charge is 0.323 e. The van der Waals surface area contributed by atoms with Crippen LogP contribution in [0.25, 0.3) is 0 Å². The summed E-state index contributed by atoms with van der Waals surface area (Å²) < 4.78 is 66.4. The van der Waals surface area contributed by atoms with E-state index in [1.807, 2.05) is 6.07 Å². The van der Waals surface area contributed by atoms with Crippen molar-refractivity contribution in [1.29, 1.82) is 5.26 Å². The summed E-state index contributed by atoms with van der Waals surface area (Å²) in [5.41, 5.74) is -2.96. The number of benzene rings is 2. The number of hydrogen-bond donors (Lipinski definition) is 1. The molecule has 1 unspecified atom stereocenters. The maximum absolute atomic E-state index is 15.9. The highest BCUT2D eigenvalue weighted by atomic mass is 19.3. The first kappa shape index (κ1) is 28.9. The van der Waals surface area contributed by atoms with Gasteiger partial charge >= 0.3 is 5.92 Å². The molecule has 0 aliphatic rings. The van der Waals surface area contributed by atoms with Gasteiger partial charge in [0.15, 0.2) is 5.60 Å². The van der Waals surface area contributed by atoms with Crippen LogP contribution in [0.3, 0.4) is 0 Å². The van der Waals surface area contributed by atoms with Crippen LogP contribution in [0.4, 0.5) is 17.6 Å². The monoisotopic (exact) mass is 585 g/mol. The van der Waals surface area contributed by atoms with Gasteiger partial charge < -0.3 is 9.84 Å². The number of alkyl halides is 2. The molecule has 214 valence electrons. The van der Waals surface area contributed by atoms with Gasteiger partial charge in [-0.15, -0.1) is 5.10 Å². The van der Waals surface area contributed by atoms with Gasteiger partial charge in [0.1, 0.15) is 47.8 Å². The fraction of sp³-hybridized carbons (Fsp3) is 0.133. The zero-order valence-electron chi connectivity index (χ0n) is 22.0. The molecule has 0 spiro atoms. The second-order valence-corrected chi connectivity index (χ2v) is 9.22. The Bertz CT molecular complexity index is 1810. The minimum absolute atomic E-state index is 0.255. The highest BCUT2D eigenvalue weighted by Crippen LogP contribution is 2.46. The number of hydrogen-bond acceptors (Lipinski definition) is 8. The normalized spacial score (nSPS) is 12.5. The second kappa shape index (κ2) is 12.1. The maximum Gasteiger partial charge on any atom is 0.323 e. The van der Waals surface area contributed by atoms with E-state index in [1.165, 1.54) is 6.07 Å². The fourth-order valence-corrected chi connectivity index (χ4v) is 4.05. The molecule has 0 radical (unpaired) electrons. The highest BCUT2D eigenvalue weighted by Gasteiger charge is 2.58. The predicted octanol–water partition coefficient (Wildman–Crippen LogP) is 4.27. The minimum atomic E-state index is -4.17. The van der Waals surface area contributed by atoms with Crippen molar-refractivity contribution in [3.8, 4) is 23.7 Å². The summed E-state index contributed by atoms with van der Waals surface area (Å²) in [5.74, 6) is -0.251. The molecule has 0 fully saturated rings. The summed E-state index contributed by atoms with van der Waals surface area (Å²) in [7, 11) is 0. The molecule has 0 saturated carbocycles. The van der Waals surface area contributed by atoms with Crippen molar-refractivity contribution in [2.24, 2.45) is 0 Å². The standard InChI is InChI=1S/C30H19F4N7O2/c31-23-7-11-26(27(32)13-23)29(42,18-41-19-38-39-40-41)30(33,34)28-12-6-21(15-37-28)2-1-20-4-9-25(10-5-20)43-17-22-3-8-24(14-35)36-16-22/h3-13,15-16,19,42H,17-18H2. The topological polar surface area (TPSA) is 123 Å². The van der Waals surface area contributed by atoms with Gasteiger partial charge in [-0.25, -0.2) is 18.4 Å². The minimum Gasteiger partial charge on any atom is -0.489 e. The Morgan fingerprint density at radius 2 is 1.67 bits per heavy atom. The van der Waals surface area contributed by atoms with Gasteiger partial charge in [-0.1, -0.05) is 17.9 Å². The van der Waals surface area contributed by atoms with Gasteiger partial charge in [0.2, 0.25) is 0 Å². The van der Waals surface area contributed by atoms with Crippen molar-refractivity contribution >= 4 is 0 Å². The molecule has 5 aromatic rings. The molecular formula is C30H19F4N7O2. The lowest BCUT2D eigenvalue weighted by atomic mass is 9.84. The first-order valence-electron chi connectivity index (χ1n) is 12.5. The molecule has 2 aromatic carbocycles. The van der Waals surface area contributed by atoms with Gasteiger partial charge in [0.25, 0.3) is 0 Å². The first-order valence-corrected chi connectivity index (χ1v) is 12.5. The summed E-state index contributed by atoms with van der Waals surface area (Å²) in [6.07, 6.45) is 3.63. The molecule has 3 aromatic heterocycles. The molecule has 0 aliphatic heterocycles. The summed E-state index contributed by atoms with van der Waals surface area (Å²) in [6.45, 7) is -0.700. The molecular weight excluding hydrogens is 566 g/mol. The van der Waals surface area contributed by atoms with Crippen LogP contribution >= 0.6 is 0 Å². The quantitative estimate of drug-likeness (QED) is 0.212. The summed E-state index contributed by atoms with van der Waals surface area (Å²) in [5, 5.41) is 30.3. The largest absolute Gasteiger partial charge is 0.489 e. The number of ether oxygens (including phenoxy) is 1. The van der Waals surface area contributed by atoms with Gasteiger partial charge in [-0.3, -0.25) is 4.98 Å². The average Bonchev–Trinajstić information content (AvgIpc) is 3.52. The van der Waals surface area contributed by atoms with Crippen molar-refractivity contribution < 1.29 is 27.4 Å². The van der Waals surface area contributed by atoms with Gasteiger partial charge in [0, 0.05) is 40.7 Å². The van der Waals surface area contributed by atoms with Gasteiger partial charge in [-0.05, 0) is 65.0 Å². The Morgan fingerprint density at radius 1 is 0.907 bits per heavy atom. The van der Waals surface area contributed by atoms with Crippen LogP contribution in [0, 0.1) is 34.8 Å². The van der Waals surface area contributed by atoms with E-state index in [2.05, 4.69) is 37.3 Å². The Balaban J connectivity index is 1.31. The predicted molar refractivity (Wildman–Crippen MR) is 142 cm³/mol. The van der Waals surface area contributed by atoms with Crippen molar-refractivity contribution in [2.75, 3.05) is 0 Å². The number of nitriles is 1. The highest BCUT2D eigenvalue weighted by molar-refractivity contribution is 5.44. The van der Waals surface area contributed by atoms with Crippen molar-refractivity contribution in [2.45, 2.75) is 24.7 Å². The molecule has 0 saturated heterocycles. The van der Waals surface area contributed by atoms with E-state index < -0.39 is 41.0 Å². The molecule has 43 heavy (non-hydrogen) atoms. The SMILES string of the molecule is N#Cc1ccc(COc2ccc(C#Cc3ccc(C(F)(F)C(O)(Cn4cnnn4)c4ccc(F)cc4F)nc3)cc2)cn1. The number of pyridine rings is 2. The van der Waals surface area contributed by atoms with Crippen LogP contribution in [0.1, 0.15) is 33.6 Å². The molecule has 5 rings (SSSR count). The Labute approximate surface area is 242 Å². The first-order chi connectivity index (χ1) is 20.7. The van der Waals surface area contributed by atoms with Crippen LogP contribution in [-0.2, 0) is 24.7 Å². The number of rotatable bonds is 8. The van der Waals surface area contributed by atoms with Crippen molar-refractivity contribution in [1.82, 2.24) is 30.2 Å². The number of nitrogens with zero attached hydrogens (tertiary/aromatic N) is 7. The van der Waals surface area contributed by atoms with E-state index >= 15 is 8.78 Å². The summed E-state index contributed by atoms with van der Waals surface area (Å²) in [6, 6.07) is 16.3. The fourth-order valence-electron chi connectivity index (χ4n) is 4.05. The average molecular weight is 586 g/mol. The number of tetrazole rings is 1. The molecule has 0 bridgehead atoms. The number of aliphatic hydroxyl groups is 1. The van der Waals surface area contributed by atoms with E-state index in [4.69, 9.17) is 10.00 Å². The van der Waals surface area contributed by atoms with Gasteiger partial charge in [-0.2, -0.15) is 14.0 Å². The van der Waals surface area contributed by atoms with E-state index in [0.29, 0.717) is 28.6 Å². The molecule has 13 heteroatoms. The third-order valence-corrected chi connectivity index (χ3v) is 6.31. The molecule has 3 heterocycles. The van der Waals surface area contributed by atoms with Crippen molar-refractivity contribution in [3.05, 3.63) is 131 Å². The van der Waals surface area contributed by atoms with E-state index in [-0.39, 0.29) is 6.61 Å². The lowest BCUT2D eigenvalue weighted by Gasteiger charge is -2.35. The molecule has 0 amide bonds. The van der Waals surface area contributed by atoms with Crippen LogP contribution in [0.15, 0.2) is 85.5 Å². The van der Waals surface area contributed by atoms with E-state index in [1.54, 1.807) is 42.6 Å². The molecule has 1 N–H and O–H groups in total. The Hall–Kier alpha value is -5.66. The van der Waals surface area contributed by atoms with E-state index in [0.717, 1.165) is 41.0 Å². The molecule has 9 nitrogen and oxygen atoms in total. The van der Waals surface area contributed by atoms with Crippen LogP contribution in [0.5, 0.6) is 5.75 Å². The molecule has 1 atom stereocenters. The van der Waals surface area contributed by atoms with E-state index in [9.17, 15) is 13.9 Å². The maximum atomic E-state index is 15.9.